The molecule has 0 bridgehead atoms. The van der Waals surface area contributed by atoms with E-state index in [4.69, 9.17) is 4.98 Å². The Balaban J connectivity index is 1.99. The van der Waals surface area contributed by atoms with Gasteiger partial charge in [-0.15, -0.1) is 0 Å². The van der Waals surface area contributed by atoms with Gasteiger partial charge in [0.15, 0.2) is 5.65 Å². The van der Waals surface area contributed by atoms with E-state index in [0.29, 0.717) is 5.92 Å². The fourth-order valence-corrected chi connectivity index (χ4v) is 2.18. The lowest BCUT2D eigenvalue weighted by Gasteiger charge is -2.04. The predicted octanol–water partition coefficient (Wildman–Crippen LogP) is 2.90. The Bertz CT molecular complexity index is 698. The van der Waals surface area contributed by atoms with Gasteiger partial charge in [0.05, 0.1) is 12.0 Å². The maximum absolute atomic E-state index is 4.72. The van der Waals surface area contributed by atoms with Crippen LogP contribution in [0.4, 0.5) is 0 Å². The predicted molar refractivity (Wildman–Crippen MR) is 69.1 cm³/mol. The Hall–Kier alpha value is -2.23. The van der Waals surface area contributed by atoms with Crippen LogP contribution in [0.15, 0.2) is 36.7 Å². The number of hydrogen-bond acceptors (Lipinski definition) is 3. The summed E-state index contributed by atoms with van der Waals surface area (Å²) in [7, 11) is 0. The van der Waals surface area contributed by atoms with Crippen molar-refractivity contribution in [1.29, 1.82) is 0 Å². The minimum Gasteiger partial charge on any atom is -0.341 e. The van der Waals surface area contributed by atoms with Crippen LogP contribution in [-0.2, 0) is 0 Å². The van der Waals surface area contributed by atoms with Crippen molar-refractivity contribution < 1.29 is 0 Å². The molecule has 88 valence electrons. The quantitative estimate of drug-likeness (QED) is 0.744. The number of imidazole rings is 1. The molecule has 0 aliphatic heterocycles. The van der Waals surface area contributed by atoms with E-state index in [9.17, 15) is 0 Å². The van der Waals surface area contributed by atoms with Crippen LogP contribution in [-0.4, -0.2) is 19.9 Å². The van der Waals surface area contributed by atoms with E-state index in [-0.39, 0.29) is 0 Å². The second-order valence-corrected chi connectivity index (χ2v) is 4.67. The lowest BCUT2D eigenvalue weighted by atomic mass is 10.1. The smallest absolute Gasteiger partial charge is 0.181 e. The average molecular weight is 236 g/mol. The fraction of sp³-hybridized carbons (Fsp3) is 0.214. The standard InChI is InChI=1S/C14H12N4/c1-2-4-9(5-3-1)11-12-14(16-8-15-12)18-13(17-11)10-6-7-10/h1-5,8,10H,6-7H2,(H,15,16,17,18). The number of aromatic amines is 1. The Morgan fingerprint density at radius 3 is 2.67 bits per heavy atom. The van der Waals surface area contributed by atoms with Gasteiger partial charge in [0.2, 0.25) is 0 Å². The van der Waals surface area contributed by atoms with Crippen LogP contribution in [0.5, 0.6) is 0 Å². The van der Waals surface area contributed by atoms with E-state index in [1.807, 2.05) is 18.2 Å². The summed E-state index contributed by atoms with van der Waals surface area (Å²) in [5.74, 6) is 1.47. The number of aromatic nitrogens is 4. The monoisotopic (exact) mass is 236 g/mol. The number of nitrogens with one attached hydrogen (secondary N) is 1. The van der Waals surface area contributed by atoms with E-state index in [1.165, 1.54) is 12.8 Å². The highest BCUT2D eigenvalue weighted by atomic mass is 15.0. The van der Waals surface area contributed by atoms with Gasteiger partial charge in [-0.3, -0.25) is 0 Å². The topological polar surface area (TPSA) is 54.5 Å². The van der Waals surface area contributed by atoms with Crippen molar-refractivity contribution in [3.8, 4) is 11.3 Å². The van der Waals surface area contributed by atoms with E-state index in [2.05, 4.69) is 27.1 Å². The van der Waals surface area contributed by atoms with Crippen molar-refractivity contribution in [3.05, 3.63) is 42.5 Å². The third-order valence-corrected chi connectivity index (χ3v) is 3.29. The average Bonchev–Trinajstić information content (AvgIpc) is 3.17. The highest BCUT2D eigenvalue weighted by molar-refractivity contribution is 5.86. The van der Waals surface area contributed by atoms with Crippen LogP contribution in [0.1, 0.15) is 24.6 Å². The molecule has 1 saturated carbocycles. The molecule has 4 nitrogen and oxygen atoms in total. The van der Waals surface area contributed by atoms with Crippen molar-refractivity contribution in [2.45, 2.75) is 18.8 Å². The molecule has 1 aliphatic carbocycles. The van der Waals surface area contributed by atoms with Crippen LogP contribution >= 0.6 is 0 Å². The zero-order valence-corrected chi connectivity index (χ0v) is 9.80. The molecule has 1 N–H and O–H groups in total. The maximum atomic E-state index is 4.72. The number of benzene rings is 1. The molecule has 4 rings (SSSR count). The van der Waals surface area contributed by atoms with Gasteiger partial charge in [0.1, 0.15) is 11.3 Å². The molecule has 1 aliphatic rings. The Kier molecular flexibility index (Phi) is 1.97. The summed E-state index contributed by atoms with van der Waals surface area (Å²) in [5.41, 5.74) is 3.76. The van der Waals surface area contributed by atoms with Crippen LogP contribution in [0, 0.1) is 0 Å². The summed E-state index contributed by atoms with van der Waals surface area (Å²) in [6, 6.07) is 10.2. The van der Waals surface area contributed by atoms with E-state index >= 15 is 0 Å². The lowest BCUT2D eigenvalue weighted by Crippen LogP contribution is -1.96. The Labute approximate surface area is 104 Å². The number of rotatable bonds is 2. The summed E-state index contributed by atoms with van der Waals surface area (Å²) < 4.78 is 0. The molecule has 2 aromatic heterocycles. The number of hydrogen-bond donors (Lipinski definition) is 1. The van der Waals surface area contributed by atoms with Crippen molar-refractivity contribution in [2.24, 2.45) is 0 Å². The summed E-state index contributed by atoms with van der Waals surface area (Å²) in [4.78, 5) is 16.7. The number of nitrogens with zero attached hydrogens (tertiary/aromatic N) is 3. The highest BCUT2D eigenvalue weighted by Crippen LogP contribution is 2.39. The second-order valence-electron chi connectivity index (χ2n) is 4.67. The summed E-state index contributed by atoms with van der Waals surface area (Å²) >= 11 is 0. The molecule has 0 saturated heterocycles. The van der Waals surface area contributed by atoms with Gasteiger partial charge < -0.3 is 4.98 Å². The summed E-state index contributed by atoms with van der Waals surface area (Å²) in [6.45, 7) is 0. The van der Waals surface area contributed by atoms with Crippen molar-refractivity contribution in [3.63, 3.8) is 0 Å². The molecule has 0 unspecified atom stereocenters. The van der Waals surface area contributed by atoms with Crippen molar-refractivity contribution >= 4 is 11.2 Å². The molecular weight excluding hydrogens is 224 g/mol. The zero-order valence-electron chi connectivity index (χ0n) is 9.80. The summed E-state index contributed by atoms with van der Waals surface area (Å²) in [5, 5.41) is 0. The van der Waals surface area contributed by atoms with Gasteiger partial charge >= 0.3 is 0 Å². The van der Waals surface area contributed by atoms with Gasteiger partial charge in [-0.25, -0.2) is 15.0 Å². The summed E-state index contributed by atoms with van der Waals surface area (Å²) in [6.07, 6.45) is 4.08. The molecule has 0 amide bonds. The molecule has 0 atom stereocenters. The lowest BCUT2D eigenvalue weighted by molar-refractivity contribution is 0.946. The molecule has 0 radical (unpaired) electrons. The normalized spacial score (nSPS) is 15.1. The van der Waals surface area contributed by atoms with Crippen LogP contribution in [0.2, 0.25) is 0 Å². The second kappa shape index (κ2) is 3.63. The number of H-pyrrole nitrogens is 1. The largest absolute Gasteiger partial charge is 0.341 e. The van der Waals surface area contributed by atoms with Gasteiger partial charge in [0.25, 0.3) is 0 Å². The fourth-order valence-electron chi connectivity index (χ4n) is 2.18. The van der Waals surface area contributed by atoms with E-state index in [1.54, 1.807) is 6.33 Å². The molecule has 2 heterocycles. The van der Waals surface area contributed by atoms with E-state index < -0.39 is 0 Å². The first-order chi connectivity index (χ1) is 8.92. The van der Waals surface area contributed by atoms with E-state index in [0.717, 1.165) is 28.2 Å². The molecule has 3 aromatic rings. The van der Waals surface area contributed by atoms with Crippen molar-refractivity contribution in [1.82, 2.24) is 19.9 Å². The third-order valence-electron chi connectivity index (χ3n) is 3.29. The molecule has 1 fully saturated rings. The third kappa shape index (κ3) is 1.49. The molecule has 4 heteroatoms. The van der Waals surface area contributed by atoms with Crippen molar-refractivity contribution in [2.75, 3.05) is 0 Å². The van der Waals surface area contributed by atoms with Crippen LogP contribution < -0.4 is 0 Å². The van der Waals surface area contributed by atoms with Crippen LogP contribution in [0.25, 0.3) is 22.4 Å². The van der Waals surface area contributed by atoms with Gasteiger partial charge in [-0.2, -0.15) is 0 Å². The molecule has 18 heavy (non-hydrogen) atoms. The van der Waals surface area contributed by atoms with Gasteiger partial charge in [-0.1, -0.05) is 30.3 Å². The Morgan fingerprint density at radius 2 is 1.89 bits per heavy atom. The zero-order chi connectivity index (χ0) is 11.9. The highest BCUT2D eigenvalue weighted by Gasteiger charge is 2.28. The van der Waals surface area contributed by atoms with Gasteiger partial charge in [-0.05, 0) is 12.8 Å². The first-order valence-electron chi connectivity index (χ1n) is 6.18. The van der Waals surface area contributed by atoms with Crippen LogP contribution in [0.3, 0.4) is 0 Å². The molecule has 0 spiro atoms. The number of fused-ring (bicyclic) bond motifs is 1. The van der Waals surface area contributed by atoms with Gasteiger partial charge in [0, 0.05) is 11.5 Å². The minimum absolute atomic E-state index is 0.536. The maximum Gasteiger partial charge on any atom is 0.181 e. The SMILES string of the molecule is c1ccc(-c2nc(C3CC3)nc3nc[nH]c23)cc1. The Morgan fingerprint density at radius 1 is 1.06 bits per heavy atom. The molecule has 1 aromatic carbocycles. The first-order valence-corrected chi connectivity index (χ1v) is 6.18. The molecular formula is C14H12N4. The first kappa shape index (κ1) is 9.76. The minimum atomic E-state index is 0.536.